The van der Waals surface area contributed by atoms with Crippen LogP contribution in [-0.4, -0.2) is 31.2 Å². The summed E-state index contributed by atoms with van der Waals surface area (Å²) in [5.41, 5.74) is 7.33. The highest BCUT2D eigenvalue weighted by atomic mass is 16.5. The molecular formula is C17H23NO4. The third-order valence-electron chi connectivity index (χ3n) is 3.91. The second-order valence-electron chi connectivity index (χ2n) is 5.43. The van der Waals surface area contributed by atoms with E-state index in [4.69, 9.17) is 15.2 Å². The van der Waals surface area contributed by atoms with Crippen molar-refractivity contribution in [3.63, 3.8) is 0 Å². The number of nitrogens with two attached hydrogens (primary N) is 1. The first-order chi connectivity index (χ1) is 10.6. The number of carbonyl (C=O) groups is 2. The van der Waals surface area contributed by atoms with Crippen LogP contribution in [0.1, 0.15) is 26.7 Å². The molecule has 0 radical (unpaired) electrons. The Balaban J connectivity index is 2.02. The maximum atomic E-state index is 12.1. The molecule has 120 valence electrons. The van der Waals surface area contributed by atoms with Gasteiger partial charge in [0.05, 0.1) is 18.8 Å². The molecule has 2 rings (SSSR count). The van der Waals surface area contributed by atoms with E-state index in [0.29, 0.717) is 37.5 Å². The van der Waals surface area contributed by atoms with Crippen molar-refractivity contribution in [1.29, 1.82) is 0 Å². The number of ether oxygens (including phenoxy) is 2. The highest BCUT2D eigenvalue weighted by molar-refractivity contribution is 5.94. The molecule has 0 aromatic rings. The largest absolute Gasteiger partial charge is 0.465 e. The van der Waals surface area contributed by atoms with E-state index < -0.39 is 12.0 Å². The van der Waals surface area contributed by atoms with Crippen molar-refractivity contribution < 1.29 is 19.1 Å². The van der Waals surface area contributed by atoms with Gasteiger partial charge in [0.1, 0.15) is 6.04 Å². The van der Waals surface area contributed by atoms with Crippen LogP contribution in [-0.2, 0) is 19.1 Å². The number of carbonyl (C=O) groups excluding carboxylic acids is 2. The Morgan fingerprint density at radius 3 is 2.36 bits per heavy atom. The molecule has 0 aliphatic heterocycles. The maximum absolute atomic E-state index is 12.1. The van der Waals surface area contributed by atoms with Gasteiger partial charge in [0.15, 0.2) is 0 Å². The molecule has 0 bridgehead atoms. The molecule has 0 amide bonds. The highest BCUT2D eigenvalue weighted by Gasteiger charge is 2.30. The summed E-state index contributed by atoms with van der Waals surface area (Å²) in [5, 5.41) is 0. The molecule has 2 N–H and O–H groups in total. The molecule has 2 unspecified atom stereocenters. The summed E-state index contributed by atoms with van der Waals surface area (Å²) in [6.45, 7) is 4.19. The fourth-order valence-corrected chi connectivity index (χ4v) is 2.63. The molecule has 22 heavy (non-hydrogen) atoms. The van der Waals surface area contributed by atoms with Gasteiger partial charge in [-0.15, -0.1) is 0 Å². The van der Waals surface area contributed by atoms with Crippen LogP contribution in [0.4, 0.5) is 0 Å². The Kier molecular flexibility index (Phi) is 5.55. The molecule has 0 aromatic heterocycles. The predicted octanol–water partition coefficient (Wildman–Crippen LogP) is 1.89. The first-order valence-electron chi connectivity index (χ1n) is 7.77. The van der Waals surface area contributed by atoms with Gasteiger partial charge in [-0.25, -0.2) is 4.79 Å². The van der Waals surface area contributed by atoms with Gasteiger partial charge in [0.25, 0.3) is 0 Å². The molecule has 2 aliphatic rings. The lowest BCUT2D eigenvalue weighted by Gasteiger charge is -2.31. The topological polar surface area (TPSA) is 78.6 Å². The lowest BCUT2D eigenvalue weighted by atomic mass is 9.74. The quantitative estimate of drug-likeness (QED) is 0.574. The monoisotopic (exact) mass is 305 g/mol. The number of hydrogen-bond acceptors (Lipinski definition) is 5. The summed E-state index contributed by atoms with van der Waals surface area (Å²) in [6.07, 6.45) is 9.21. The second kappa shape index (κ2) is 7.40. The van der Waals surface area contributed by atoms with Crippen molar-refractivity contribution >= 4 is 11.9 Å². The van der Waals surface area contributed by atoms with Crippen LogP contribution in [0, 0.1) is 11.8 Å². The summed E-state index contributed by atoms with van der Waals surface area (Å²) in [4.78, 5) is 23.7. The van der Waals surface area contributed by atoms with Gasteiger partial charge in [-0.3, -0.25) is 4.79 Å². The Morgan fingerprint density at radius 1 is 1.14 bits per heavy atom. The van der Waals surface area contributed by atoms with Crippen LogP contribution in [0.5, 0.6) is 0 Å². The fraction of sp³-hybridized carbons (Fsp3) is 0.529. The predicted molar refractivity (Wildman–Crippen MR) is 82.8 cm³/mol. The van der Waals surface area contributed by atoms with Crippen molar-refractivity contribution in [2.24, 2.45) is 17.6 Å². The van der Waals surface area contributed by atoms with Gasteiger partial charge in [0, 0.05) is 11.8 Å². The molecule has 2 aliphatic carbocycles. The lowest BCUT2D eigenvalue weighted by molar-refractivity contribution is -0.144. The average molecular weight is 305 g/mol. The first-order valence-corrected chi connectivity index (χ1v) is 7.77. The first kappa shape index (κ1) is 16.5. The molecule has 0 spiro atoms. The summed E-state index contributed by atoms with van der Waals surface area (Å²) in [6, 6.07) is -0.668. The summed E-state index contributed by atoms with van der Waals surface area (Å²) >= 11 is 0. The molecule has 3 atom stereocenters. The lowest BCUT2D eigenvalue weighted by Crippen LogP contribution is -2.32. The Bertz CT molecular complexity index is 533. The molecule has 0 heterocycles. The molecule has 5 heteroatoms. The van der Waals surface area contributed by atoms with Crippen LogP contribution in [0.25, 0.3) is 0 Å². The van der Waals surface area contributed by atoms with E-state index in [1.54, 1.807) is 13.8 Å². The SMILES string of the molecule is CCOC(=O)C1=C[C@@H]2C=CC2C=C1CCC(N)C(=O)OCC. The Labute approximate surface area is 130 Å². The van der Waals surface area contributed by atoms with Crippen molar-refractivity contribution in [3.8, 4) is 0 Å². The second-order valence-corrected chi connectivity index (χ2v) is 5.43. The van der Waals surface area contributed by atoms with Crippen LogP contribution in [0.15, 0.2) is 35.5 Å². The molecule has 0 fully saturated rings. The van der Waals surface area contributed by atoms with Crippen LogP contribution < -0.4 is 5.73 Å². The number of allylic oxidation sites excluding steroid dienone is 4. The zero-order valence-electron chi connectivity index (χ0n) is 13.1. The molecule has 0 saturated heterocycles. The van der Waals surface area contributed by atoms with Gasteiger partial charge in [-0.05, 0) is 32.3 Å². The minimum absolute atomic E-state index is 0.280. The van der Waals surface area contributed by atoms with Crippen molar-refractivity contribution in [2.45, 2.75) is 32.7 Å². The van der Waals surface area contributed by atoms with E-state index in [2.05, 4.69) is 18.2 Å². The molecule has 0 aromatic carbocycles. The van der Waals surface area contributed by atoms with Crippen LogP contribution in [0.3, 0.4) is 0 Å². The smallest absolute Gasteiger partial charge is 0.338 e. The Hall–Kier alpha value is -1.88. The van der Waals surface area contributed by atoms with Gasteiger partial charge < -0.3 is 15.2 Å². The zero-order valence-corrected chi connectivity index (χ0v) is 13.1. The van der Waals surface area contributed by atoms with Crippen molar-refractivity contribution in [1.82, 2.24) is 0 Å². The summed E-state index contributed by atoms with van der Waals surface area (Å²) in [5.74, 6) is -0.0897. The van der Waals surface area contributed by atoms with Gasteiger partial charge in [-0.1, -0.05) is 24.3 Å². The summed E-state index contributed by atoms with van der Waals surface area (Å²) in [7, 11) is 0. The van der Waals surface area contributed by atoms with Gasteiger partial charge in [-0.2, -0.15) is 0 Å². The van der Waals surface area contributed by atoms with Crippen molar-refractivity contribution in [3.05, 3.63) is 35.5 Å². The fourth-order valence-electron chi connectivity index (χ4n) is 2.63. The van der Waals surface area contributed by atoms with E-state index in [1.807, 2.05) is 6.08 Å². The van der Waals surface area contributed by atoms with E-state index in [1.165, 1.54) is 0 Å². The number of esters is 2. The van der Waals surface area contributed by atoms with Gasteiger partial charge >= 0.3 is 11.9 Å². The number of fused-ring (bicyclic) bond motifs is 1. The highest BCUT2D eigenvalue weighted by Crippen LogP contribution is 2.37. The van der Waals surface area contributed by atoms with Crippen molar-refractivity contribution in [2.75, 3.05) is 13.2 Å². The minimum Gasteiger partial charge on any atom is -0.465 e. The molecule has 5 nitrogen and oxygen atoms in total. The van der Waals surface area contributed by atoms with Crippen LogP contribution >= 0.6 is 0 Å². The van der Waals surface area contributed by atoms with E-state index in [9.17, 15) is 9.59 Å². The van der Waals surface area contributed by atoms with E-state index >= 15 is 0 Å². The minimum atomic E-state index is -0.668. The number of rotatable bonds is 7. The number of hydrogen-bond donors (Lipinski definition) is 1. The van der Waals surface area contributed by atoms with Gasteiger partial charge in [0.2, 0.25) is 0 Å². The third kappa shape index (κ3) is 3.65. The average Bonchev–Trinajstić information content (AvgIpc) is 2.47. The van der Waals surface area contributed by atoms with E-state index in [0.717, 1.165) is 5.57 Å². The molecular weight excluding hydrogens is 282 g/mol. The summed E-state index contributed by atoms with van der Waals surface area (Å²) < 4.78 is 10.0. The maximum Gasteiger partial charge on any atom is 0.338 e. The Morgan fingerprint density at radius 2 is 1.77 bits per heavy atom. The normalized spacial score (nSPS) is 23.6. The van der Waals surface area contributed by atoms with Crippen LogP contribution in [0.2, 0.25) is 0 Å². The third-order valence-corrected chi connectivity index (χ3v) is 3.91. The zero-order chi connectivity index (χ0) is 16.1. The molecule has 0 saturated carbocycles. The standard InChI is InChI=1S/C17H23NO4/c1-3-21-16(19)14-10-12-6-5-11(12)9-13(14)7-8-15(18)17(20)22-4-2/h5-6,9-12,15H,3-4,7-8,18H2,1-2H3/t11?,12-,15?/m0/s1. The van der Waals surface area contributed by atoms with E-state index in [-0.39, 0.29) is 11.9 Å².